The van der Waals surface area contributed by atoms with Crippen LogP contribution in [0.3, 0.4) is 0 Å². The Labute approximate surface area is 172 Å². The van der Waals surface area contributed by atoms with Gasteiger partial charge in [-0.25, -0.2) is 9.18 Å². The maximum absolute atomic E-state index is 14.8. The van der Waals surface area contributed by atoms with Crippen LogP contribution in [-0.4, -0.2) is 21.8 Å². The van der Waals surface area contributed by atoms with E-state index in [1.807, 2.05) is 24.3 Å². The Morgan fingerprint density at radius 2 is 1.97 bits per heavy atom. The second kappa shape index (κ2) is 6.48. The van der Waals surface area contributed by atoms with Crippen LogP contribution in [0, 0.1) is 0 Å². The van der Waals surface area contributed by atoms with E-state index in [1.54, 1.807) is 15.7 Å². The number of anilines is 1. The standard InChI is InChI=1S/C20H14BrFN4O3/c21-11-3-1-10(2-4-11)16-9-26-18(24-23-16)15(22)7-13-17(27)14(20(28)29)8-25(19(13)26)12-5-6-12/h1-4,7-9,12,18H,5-6H2,(H,28,29). The van der Waals surface area contributed by atoms with Crippen molar-refractivity contribution in [2.75, 3.05) is 4.90 Å². The van der Waals surface area contributed by atoms with Crippen LogP contribution in [-0.2, 0) is 0 Å². The third-order valence-corrected chi connectivity index (χ3v) is 5.66. The lowest BCUT2D eigenvalue weighted by atomic mass is 10.1. The van der Waals surface area contributed by atoms with E-state index in [-0.39, 0.29) is 17.2 Å². The predicted molar refractivity (Wildman–Crippen MR) is 108 cm³/mol. The van der Waals surface area contributed by atoms with E-state index in [1.165, 1.54) is 6.20 Å². The van der Waals surface area contributed by atoms with Gasteiger partial charge in [0, 0.05) is 28.5 Å². The highest BCUT2D eigenvalue weighted by molar-refractivity contribution is 9.10. The fourth-order valence-electron chi connectivity index (χ4n) is 3.56. The minimum atomic E-state index is -1.33. The number of aromatic nitrogens is 1. The van der Waals surface area contributed by atoms with Gasteiger partial charge >= 0.3 is 5.97 Å². The van der Waals surface area contributed by atoms with Gasteiger partial charge in [0.2, 0.25) is 5.43 Å². The van der Waals surface area contributed by atoms with E-state index < -0.39 is 23.4 Å². The molecule has 1 aromatic carbocycles. The summed E-state index contributed by atoms with van der Waals surface area (Å²) in [7, 11) is 0. The third-order valence-electron chi connectivity index (χ3n) is 5.13. The molecule has 1 fully saturated rings. The number of rotatable bonds is 3. The Morgan fingerprint density at radius 3 is 2.62 bits per heavy atom. The number of carboxylic acid groups (broad SMARTS) is 1. The Kier molecular flexibility index (Phi) is 4.02. The van der Waals surface area contributed by atoms with Crippen LogP contribution in [0.25, 0.3) is 11.8 Å². The first-order valence-electron chi connectivity index (χ1n) is 9.00. The first-order chi connectivity index (χ1) is 13.9. The van der Waals surface area contributed by atoms with Crippen molar-refractivity contribution in [3.05, 3.63) is 73.9 Å². The zero-order valence-corrected chi connectivity index (χ0v) is 16.5. The number of azo groups is 1. The summed E-state index contributed by atoms with van der Waals surface area (Å²) in [5.41, 5.74) is 0.253. The number of fused-ring (bicyclic) bond motifs is 3. The van der Waals surface area contributed by atoms with Crippen molar-refractivity contribution in [1.82, 2.24) is 4.57 Å². The van der Waals surface area contributed by atoms with Crippen LogP contribution in [0.15, 0.2) is 62.0 Å². The molecule has 1 aromatic heterocycles. The highest BCUT2D eigenvalue weighted by Gasteiger charge is 2.38. The van der Waals surface area contributed by atoms with Crippen LogP contribution in [0.1, 0.15) is 40.4 Å². The number of halogens is 2. The van der Waals surface area contributed by atoms with E-state index in [9.17, 15) is 19.1 Å². The molecule has 0 radical (unpaired) electrons. The molecule has 1 atom stereocenters. The van der Waals surface area contributed by atoms with E-state index >= 15 is 0 Å². The van der Waals surface area contributed by atoms with Gasteiger partial charge in [-0.3, -0.25) is 4.79 Å². The van der Waals surface area contributed by atoms with Crippen molar-refractivity contribution >= 4 is 39.5 Å². The fraction of sp³-hybridized carbons (Fsp3) is 0.200. The van der Waals surface area contributed by atoms with Crippen LogP contribution < -0.4 is 10.3 Å². The molecule has 2 aliphatic heterocycles. The van der Waals surface area contributed by atoms with Gasteiger partial charge in [-0.2, -0.15) is 10.2 Å². The Morgan fingerprint density at radius 1 is 1.24 bits per heavy atom. The fourth-order valence-corrected chi connectivity index (χ4v) is 3.83. The minimum Gasteiger partial charge on any atom is -0.477 e. The first-order valence-corrected chi connectivity index (χ1v) is 9.80. The van der Waals surface area contributed by atoms with Gasteiger partial charge in [-0.05, 0) is 31.1 Å². The normalized spacial score (nSPS) is 19.9. The lowest BCUT2D eigenvalue weighted by Gasteiger charge is -2.35. The first kappa shape index (κ1) is 18.0. The molecule has 2 aromatic rings. The smallest absolute Gasteiger partial charge is 0.341 e. The monoisotopic (exact) mass is 456 g/mol. The molecular weight excluding hydrogens is 443 g/mol. The number of hydrogen-bond acceptors (Lipinski definition) is 5. The van der Waals surface area contributed by atoms with Crippen molar-refractivity contribution < 1.29 is 14.3 Å². The van der Waals surface area contributed by atoms with Gasteiger partial charge in [0.25, 0.3) is 0 Å². The summed E-state index contributed by atoms with van der Waals surface area (Å²) in [5.74, 6) is -1.54. The van der Waals surface area contributed by atoms with Gasteiger partial charge in [0.05, 0.1) is 5.56 Å². The number of nitrogens with zero attached hydrogens (tertiary/aromatic N) is 4. The zero-order valence-electron chi connectivity index (χ0n) is 14.9. The second-order valence-corrected chi connectivity index (χ2v) is 8.02. The van der Waals surface area contributed by atoms with Crippen LogP contribution >= 0.6 is 15.9 Å². The molecule has 1 N–H and O–H groups in total. The second-order valence-electron chi connectivity index (χ2n) is 7.10. The minimum absolute atomic E-state index is 0.0223. The molecule has 7 nitrogen and oxygen atoms in total. The van der Waals surface area contributed by atoms with Crippen molar-refractivity contribution in [3.8, 4) is 0 Å². The Balaban J connectivity index is 1.72. The molecule has 0 bridgehead atoms. The third kappa shape index (κ3) is 2.93. The topological polar surface area (TPSA) is 87.3 Å². The number of carboxylic acids is 1. The summed E-state index contributed by atoms with van der Waals surface area (Å²) in [6, 6.07) is 7.51. The molecule has 9 heteroatoms. The number of pyridine rings is 1. The van der Waals surface area contributed by atoms with Gasteiger partial charge in [-0.15, -0.1) is 0 Å². The van der Waals surface area contributed by atoms with Gasteiger partial charge in [-0.1, -0.05) is 28.1 Å². The summed E-state index contributed by atoms with van der Waals surface area (Å²) >= 11 is 3.39. The van der Waals surface area contributed by atoms with Gasteiger partial charge in [0.1, 0.15) is 22.9 Å². The maximum atomic E-state index is 14.8. The van der Waals surface area contributed by atoms with Crippen LogP contribution in [0.4, 0.5) is 10.2 Å². The number of hydrogen-bond donors (Lipinski definition) is 1. The molecule has 29 heavy (non-hydrogen) atoms. The summed E-state index contributed by atoms with van der Waals surface area (Å²) < 4.78 is 17.4. The molecule has 1 saturated carbocycles. The predicted octanol–water partition coefficient (Wildman–Crippen LogP) is 4.56. The zero-order chi connectivity index (χ0) is 20.3. The highest BCUT2D eigenvalue weighted by Crippen LogP contribution is 2.43. The Hall–Kier alpha value is -3.07. The van der Waals surface area contributed by atoms with Crippen molar-refractivity contribution in [1.29, 1.82) is 0 Å². The van der Waals surface area contributed by atoms with E-state index in [4.69, 9.17) is 0 Å². The molecular formula is C20H14BrFN4O3. The maximum Gasteiger partial charge on any atom is 0.341 e. The quantitative estimate of drug-likeness (QED) is 0.732. The molecule has 0 saturated heterocycles. The summed E-state index contributed by atoms with van der Waals surface area (Å²) in [6.07, 6.45) is 4.82. The molecule has 0 amide bonds. The average Bonchev–Trinajstić information content (AvgIpc) is 3.54. The van der Waals surface area contributed by atoms with Gasteiger partial charge < -0.3 is 14.6 Å². The highest BCUT2D eigenvalue weighted by atomic mass is 79.9. The van der Waals surface area contributed by atoms with E-state index in [0.29, 0.717) is 11.5 Å². The van der Waals surface area contributed by atoms with Gasteiger partial charge in [0.15, 0.2) is 6.17 Å². The Bertz CT molecular complexity index is 1200. The number of carbonyl (C=O) groups is 1. The molecule has 1 aliphatic carbocycles. The summed E-state index contributed by atoms with van der Waals surface area (Å²) in [4.78, 5) is 25.9. The molecule has 0 spiro atoms. The molecule has 5 rings (SSSR count). The molecule has 3 heterocycles. The van der Waals surface area contributed by atoms with Crippen LogP contribution in [0.2, 0.25) is 0 Å². The van der Waals surface area contributed by atoms with Crippen LogP contribution in [0.5, 0.6) is 0 Å². The molecule has 1 unspecified atom stereocenters. The van der Waals surface area contributed by atoms with E-state index in [0.717, 1.165) is 29.0 Å². The largest absolute Gasteiger partial charge is 0.477 e. The SMILES string of the molecule is O=C(O)c1cn(C2CC2)c2c(c1=O)C=C(F)C1N=NC(c3ccc(Br)cc3)=CN21. The lowest BCUT2D eigenvalue weighted by molar-refractivity contribution is 0.0694. The molecule has 146 valence electrons. The average molecular weight is 457 g/mol. The summed E-state index contributed by atoms with van der Waals surface area (Å²) in [6.45, 7) is 0. The van der Waals surface area contributed by atoms with E-state index in [2.05, 4.69) is 26.2 Å². The van der Waals surface area contributed by atoms with Crippen molar-refractivity contribution in [2.24, 2.45) is 10.2 Å². The number of benzene rings is 1. The summed E-state index contributed by atoms with van der Waals surface area (Å²) in [5, 5.41) is 17.7. The van der Waals surface area contributed by atoms with Crippen molar-refractivity contribution in [2.45, 2.75) is 25.0 Å². The number of aromatic carboxylic acids is 1. The van der Waals surface area contributed by atoms with Crippen molar-refractivity contribution in [3.63, 3.8) is 0 Å². The lowest BCUT2D eigenvalue weighted by Crippen LogP contribution is -2.39. The molecule has 3 aliphatic rings.